The summed E-state index contributed by atoms with van der Waals surface area (Å²) in [4.78, 5) is 5.43. The van der Waals surface area contributed by atoms with Gasteiger partial charge in [0.1, 0.15) is 0 Å². The van der Waals surface area contributed by atoms with Gasteiger partial charge in [0.25, 0.3) is 6.71 Å². The standard InChI is InChI=1S/C80H61BN4S/c1-5-6-28-62-70(45-46-76-77(62)63-33-17-22-40-75(63)86-76)84-71-49-54(82-66-36-18-13-29-58(66)59-30-14-19-37-67(59)82)41-43-64(71)81-65-44-42-55(83-68-38-20-15-31-60(68)61-32-16-21-39-69(61)83)50-72(65)85(74-48-53(80(2,3)4)47-73(84)78(74)81)79-56(51-24-9-7-10-25-51)34-23-35-57(79)52-26-11-8-12-27-52/h7-27,29-50H,5-6,28H2,1-4H3. The Kier molecular flexibility index (Phi) is 11.5. The van der Waals surface area contributed by atoms with Crippen LogP contribution in [-0.2, 0) is 11.8 Å². The van der Waals surface area contributed by atoms with Crippen molar-refractivity contribution in [3.05, 3.63) is 272 Å². The lowest BCUT2D eigenvalue weighted by Gasteiger charge is -2.46. The molecule has 410 valence electrons. The maximum Gasteiger partial charge on any atom is 0.252 e. The fraction of sp³-hybridized carbons (Fsp3) is 0.100. The molecule has 6 heteroatoms. The van der Waals surface area contributed by atoms with Gasteiger partial charge >= 0.3 is 0 Å². The highest BCUT2D eigenvalue weighted by Crippen LogP contribution is 2.53. The minimum absolute atomic E-state index is 0.139. The largest absolute Gasteiger partial charge is 0.311 e. The second kappa shape index (κ2) is 19.6. The zero-order chi connectivity index (χ0) is 57.4. The van der Waals surface area contributed by atoms with Gasteiger partial charge in [-0.25, -0.2) is 0 Å². The molecule has 0 unspecified atom stereocenters. The van der Waals surface area contributed by atoms with E-state index in [4.69, 9.17) is 0 Å². The van der Waals surface area contributed by atoms with Crippen molar-refractivity contribution in [3.63, 3.8) is 0 Å². The van der Waals surface area contributed by atoms with Gasteiger partial charge in [0.05, 0.1) is 27.8 Å². The molecule has 0 saturated heterocycles. The Balaban J connectivity index is 1.04. The third-order valence-electron chi connectivity index (χ3n) is 18.7. The van der Waals surface area contributed by atoms with Crippen LogP contribution in [0.1, 0.15) is 51.7 Å². The first-order valence-corrected chi connectivity index (χ1v) is 31.3. The number of unbranched alkanes of at least 4 members (excludes halogenated alkanes) is 1. The number of hydrogen-bond acceptors (Lipinski definition) is 3. The minimum Gasteiger partial charge on any atom is -0.311 e. The van der Waals surface area contributed by atoms with Gasteiger partial charge in [0.2, 0.25) is 0 Å². The van der Waals surface area contributed by atoms with E-state index >= 15 is 0 Å². The molecule has 0 N–H and O–H groups in total. The first kappa shape index (κ1) is 50.6. The van der Waals surface area contributed by atoms with Crippen molar-refractivity contribution in [3.8, 4) is 33.6 Å². The molecule has 0 spiro atoms. The summed E-state index contributed by atoms with van der Waals surface area (Å²) >= 11 is 1.92. The van der Waals surface area contributed by atoms with E-state index < -0.39 is 0 Å². The van der Waals surface area contributed by atoms with Crippen LogP contribution >= 0.6 is 11.3 Å². The summed E-state index contributed by atoms with van der Waals surface area (Å²) in [5.41, 5.74) is 25.2. The normalized spacial score (nSPS) is 13.0. The van der Waals surface area contributed by atoms with Crippen molar-refractivity contribution in [2.75, 3.05) is 9.80 Å². The van der Waals surface area contributed by atoms with E-state index in [1.807, 2.05) is 11.3 Å². The lowest BCUT2D eigenvalue weighted by molar-refractivity contribution is 0.590. The summed E-state index contributed by atoms with van der Waals surface area (Å²) in [7, 11) is 0. The molecule has 4 nitrogen and oxygen atoms in total. The topological polar surface area (TPSA) is 16.3 Å². The molecule has 17 rings (SSSR count). The van der Waals surface area contributed by atoms with Gasteiger partial charge < -0.3 is 18.9 Å². The van der Waals surface area contributed by atoms with Crippen LogP contribution in [0.15, 0.2) is 261 Å². The van der Waals surface area contributed by atoms with Crippen molar-refractivity contribution < 1.29 is 0 Å². The van der Waals surface area contributed by atoms with Crippen molar-refractivity contribution in [1.29, 1.82) is 0 Å². The van der Waals surface area contributed by atoms with Gasteiger partial charge in [0, 0.05) is 92.7 Å². The third-order valence-corrected chi connectivity index (χ3v) is 19.8. The number of nitrogens with zero attached hydrogens (tertiary/aromatic N) is 4. The molecule has 0 atom stereocenters. The van der Waals surface area contributed by atoms with Crippen LogP contribution < -0.4 is 26.2 Å². The van der Waals surface area contributed by atoms with Gasteiger partial charge in [-0.05, 0) is 136 Å². The Bertz CT molecular complexity index is 5070. The van der Waals surface area contributed by atoms with Gasteiger partial charge in [-0.1, -0.05) is 216 Å². The quantitative estimate of drug-likeness (QED) is 0.134. The zero-order valence-electron chi connectivity index (χ0n) is 48.7. The molecule has 3 aromatic heterocycles. The van der Waals surface area contributed by atoms with Gasteiger partial charge in [-0.15, -0.1) is 11.3 Å². The minimum atomic E-state index is -0.242. The number of rotatable bonds is 9. The van der Waals surface area contributed by atoms with E-state index in [0.29, 0.717) is 0 Å². The lowest BCUT2D eigenvalue weighted by atomic mass is 9.33. The Morgan fingerprint density at radius 1 is 0.395 bits per heavy atom. The smallest absolute Gasteiger partial charge is 0.252 e. The van der Waals surface area contributed by atoms with Crippen LogP contribution in [0.4, 0.5) is 34.1 Å². The van der Waals surface area contributed by atoms with Crippen molar-refractivity contribution in [2.24, 2.45) is 0 Å². The summed E-state index contributed by atoms with van der Waals surface area (Å²) < 4.78 is 7.67. The second-order valence-electron chi connectivity index (χ2n) is 24.6. The van der Waals surface area contributed by atoms with Crippen LogP contribution in [0.3, 0.4) is 0 Å². The summed E-state index contributed by atoms with van der Waals surface area (Å²) in [5, 5.41) is 7.72. The number of hydrogen-bond donors (Lipinski definition) is 0. The first-order chi connectivity index (χ1) is 42.3. The highest BCUT2D eigenvalue weighted by molar-refractivity contribution is 7.25. The van der Waals surface area contributed by atoms with Crippen LogP contribution in [0, 0.1) is 0 Å². The lowest BCUT2D eigenvalue weighted by Crippen LogP contribution is -2.61. The SMILES string of the molecule is CCCCc1c(N2c3cc(-n4c5ccccc5c5ccccc54)ccc3B3c4ccc(-n5c6ccccc6c6ccccc65)cc4N(c4c(-c5ccccc5)cccc4-c4ccccc4)c4cc(C(C)(C)C)cc2c43)ccc2sc3ccccc3c12. The molecule has 0 saturated carbocycles. The highest BCUT2D eigenvalue weighted by Gasteiger charge is 2.46. The Labute approximate surface area is 506 Å². The monoisotopic (exact) mass is 1120 g/mol. The average molecular weight is 1120 g/mol. The summed E-state index contributed by atoms with van der Waals surface area (Å²) in [6.45, 7) is 9.38. The van der Waals surface area contributed by atoms with Crippen LogP contribution in [0.25, 0.3) is 97.4 Å². The Morgan fingerprint density at radius 2 is 0.860 bits per heavy atom. The number of anilines is 6. The van der Waals surface area contributed by atoms with E-state index in [2.05, 4.69) is 307 Å². The molecular weight excluding hydrogens is 1060 g/mol. The van der Waals surface area contributed by atoms with E-state index in [9.17, 15) is 0 Å². The zero-order valence-corrected chi connectivity index (χ0v) is 49.5. The van der Waals surface area contributed by atoms with E-state index in [-0.39, 0.29) is 12.1 Å². The number of aryl methyl sites for hydroxylation is 1. The number of aromatic nitrogens is 2. The molecule has 86 heavy (non-hydrogen) atoms. The van der Waals surface area contributed by atoms with Crippen LogP contribution in [0.5, 0.6) is 0 Å². The van der Waals surface area contributed by atoms with Crippen LogP contribution in [0.2, 0.25) is 0 Å². The van der Waals surface area contributed by atoms with Gasteiger partial charge in [-0.3, -0.25) is 0 Å². The second-order valence-corrected chi connectivity index (χ2v) is 25.7. The molecule has 0 amide bonds. The molecule has 0 aliphatic carbocycles. The summed E-state index contributed by atoms with van der Waals surface area (Å²) in [5.74, 6) is 0. The van der Waals surface area contributed by atoms with E-state index in [0.717, 1.165) is 36.3 Å². The van der Waals surface area contributed by atoms with Crippen molar-refractivity contribution in [1.82, 2.24) is 9.13 Å². The highest BCUT2D eigenvalue weighted by atomic mass is 32.1. The van der Waals surface area contributed by atoms with E-state index in [1.165, 1.54) is 142 Å². The fourth-order valence-corrected chi connectivity index (χ4v) is 15.9. The fourth-order valence-electron chi connectivity index (χ4n) is 14.8. The predicted octanol–water partition coefficient (Wildman–Crippen LogP) is 20.3. The number of fused-ring (bicyclic) bond motifs is 13. The van der Waals surface area contributed by atoms with Crippen molar-refractivity contribution in [2.45, 2.75) is 52.4 Å². The Hall–Kier alpha value is -9.88. The molecule has 15 aromatic rings. The molecule has 0 radical (unpaired) electrons. The van der Waals surface area contributed by atoms with Crippen LogP contribution in [-0.4, -0.2) is 15.8 Å². The average Bonchev–Trinajstić information content (AvgIpc) is 0.968. The Morgan fingerprint density at radius 3 is 1.37 bits per heavy atom. The third kappa shape index (κ3) is 7.62. The first-order valence-electron chi connectivity index (χ1n) is 30.5. The maximum atomic E-state index is 2.73. The molecule has 5 heterocycles. The van der Waals surface area contributed by atoms with Gasteiger partial charge in [-0.2, -0.15) is 0 Å². The maximum absolute atomic E-state index is 2.73. The number of para-hydroxylation sites is 5. The number of thiophene rings is 1. The molecule has 2 aliphatic heterocycles. The molecule has 0 fully saturated rings. The van der Waals surface area contributed by atoms with E-state index in [1.54, 1.807) is 0 Å². The summed E-state index contributed by atoms with van der Waals surface area (Å²) in [6.07, 6.45) is 3.13. The van der Waals surface area contributed by atoms with Crippen molar-refractivity contribution >= 4 is 132 Å². The molecule has 0 bridgehead atoms. The molecule has 2 aliphatic rings. The number of benzene rings is 12. The predicted molar refractivity (Wildman–Crippen MR) is 370 cm³/mol. The molecular formula is C80H61BN4S. The van der Waals surface area contributed by atoms with Gasteiger partial charge in [0.15, 0.2) is 0 Å². The summed E-state index contributed by atoms with van der Waals surface area (Å²) in [6, 6.07) is 98.8. The molecule has 12 aromatic carbocycles.